The highest BCUT2D eigenvalue weighted by atomic mass is 32.2. The summed E-state index contributed by atoms with van der Waals surface area (Å²) in [6, 6.07) is 8.18. The number of carbonyl (C=O) groups is 1. The Hall–Kier alpha value is -2.12. The number of nitrogens with zero attached hydrogens (tertiary/aromatic N) is 3. The largest absolute Gasteiger partial charge is 0.339 e. The SMILES string of the molecule is Cc1ccc(-n2c(SCC(=O)N3CCCCC3C)nc3ccsc3c2=O)c(C)c1. The molecule has 7 heteroatoms. The van der Waals surface area contributed by atoms with E-state index in [2.05, 4.69) is 13.0 Å². The maximum atomic E-state index is 13.3. The predicted molar refractivity (Wildman–Crippen MR) is 120 cm³/mol. The molecule has 0 aliphatic carbocycles. The number of hydrogen-bond acceptors (Lipinski definition) is 5. The lowest BCUT2D eigenvalue weighted by Gasteiger charge is -2.33. The first-order valence-electron chi connectivity index (χ1n) is 9.96. The van der Waals surface area contributed by atoms with Crippen LogP contribution >= 0.6 is 23.1 Å². The van der Waals surface area contributed by atoms with E-state index in [1.807, 2.05) is 42.3 Å². The van der Waals surface area contributed by atoms with E-state index < -0.39 is 0 Å². The Labute approximate surface area is 178 Å². The van der Waals surface area contributed by atoms with Gasteiger partial charge in [-0.2, -0.15) is 0 Å². The lowest BCUT2D eigenvalue weighted by Crippen LogP contribution is -2.43. The molecule has 4 rings (SSSR count). The number of carbonyl (C=O) groups excluding carboxylic acids is 1. The van der Waals surface area contributed by atoms with Gasteiger partial charge in [0.05, 0.1) is 17.0 Å². The van der Waals surface area contributed by atoms with E-state index in [4.69, 9.17) is 4.98 Å². The summed E-state index contributed by atoms with van der Waals surface area (Å²) in [7, 11) is 0. The van der Waals surface area contributed by atoms with Crippen LogP contribution in [0.5, 0.6) is 0 Å². The minimum Gasteiger partial charge on any atom is -0.339 e. The number of benzene rings is 1. The Balaban J connectivity index is 1.71. The second-order valence-electron chi connectivity index (χ2n) is 7.68. The van der Waals surface area contributed by atoms with Crippen molar-refractivity contribution in [2.24, 2.45) is 0 Å². The van der Waals surface area contributed by atoms with E-state index in [9.17, 15) is 9.59 Å². The van der Waals surface area contributed by atoms with E-state index >= 15 is 0 Å². The van der Waals surface area contributed by atoms with Gasteiger partial charge in [0.2, 0.25) is 5.91 Å². The molecule has 0 N–H and O–H groups in total. The number of thiophene rings is 1. The van der Waals surface area contributed by atoms with Crippen molar-refractivity contribution in [3.8, 4) is 5.69 Å². The van der Waals surface area contributed by atoms with Gasteiger partial charge in [0.25, 0.3) is 5.56 Å². The summed E-state index contributed by atoms with van der Waals surface area (Å²) in [6.45, 7) is 6.97. The minimum absolute atomic E-state index is 0.0711. The van der Waals surface area contributed by atoms with Gasteiger partial charge in [0.15, 0.2) is 5.16 Å². The molecular weight excluding hydrogens is 402 g/mol. The van der Waals surface area contributed by atoms with Crippen molar-refractivity contribution in [3.05, 3.63) is 51.1 Å². The molecule has 152 valence electrons. The van der Waals surface area contributed by atoms with Gasteiger partial charge in [-0.15, -0.1) is 11.3 Å². The molecule has 1 unspecified atom stereocenters. The Bertz CT molecular complexity index is 1120. The fourth-order valence-corrected chi connectivity index (χ4v) is 5.59. The molecule has 2 aromatic heterocycles. The van der Waals surface area contributed by atoms with Crippen LogP contribution in [-0.4, -0.2) is 38.7 Å². The van der Waals surface area contributed by atoms with Gasteiger partial charge in [0, 0.05) is 12.6 Å². The number of rotatable bonds is 4. The third-order valence-electron chi connectivity index (χ3n) is 5.49. The minimum atomic E-state index is -0.0711. The van der Waals surface area contributed by atoms with Gasteiger partial charge in [-0.05, 0) is 63.1 Å². The second kappa shape index (κ2) is 8.32. The van der Waals surface area contributed by atoms with E-state index in [0.717, 1.165) is 36.2 Å². The highest BCUT2D eigenvalue weighted by Crippen LogP contribution is 2.26. The van der Waals surface area contributed by atoms with Crippen LogP contribution in [0.4, 0.5) is 0 Å². The van der Waals surface area contributed by atoms with Crippen LogP contribution in [0.2, 0.25) is 0 Å². The molecule has 1 aromatic carbocycles. The topological polar surface area (TPSA) is 55.2 Å². The Morgan fingerprint density at radius 3 is 2.86 bits per heavy atom. The average molecular weight is 428 g/mol. The summed E-state index contributed by atoms with van der Waals surface area (Å²) in [5.74, 6) is 0.409. The zero-order valence-electron chi connectivity index (χ0n) is 17.0. The highest BCUT2D eigenvalue weighted by Gasteiger charge is 2.24. The standard InChI is InChI=1S/C22H25N3O2S2/c1-14-7-8-18(15(2)12-14)25-21(27)20-17(9-11-28-20)23-22(25)29-13-19(26)24-10-5-4-6-16(24)3/h7-9,11-12,16H,4-6,10,13H2,1-3H3. The molecule has 1 amide bonds. The molecule has 0 bridgehead atoms. The maximum absolute atomic E-state index is 13.3. The molecule has 0 radical (unpaired) electrons. The van der Waals surface area contributed by atoms with Crippen molar-refractivity contribution in [1.82, 2.24) is 14.5 Å². The molecule has 0 saturated carbocycles. The molecule has 1 aliphatic rings. The monoisotopic (exact) mass is 427 g/mol. The zero-order valence-corrected chi connectivity index (χ0v) is 18.6. The summed E-state index contributed by atoms with van der Waals surface area (Å²) in [5.41, 5.74) is 3.61. The first-order chi connectivity index (χ1) is 14.0. The number of hydrogen-bond donors (Lipinski definition) is 0. The third-order valence-corrected chi connectivity index (χ3v) is 7.31. The summed E-state index contributed by atoms with van der Waals surface area (Å²) < 4.78 is 2.32. The normalized spacial score (nSPS) is 17.1. The number of fused-ring (bicyclic) bond motifs is 1. The summed E-state index contributed by atoms with van der Waals surface area (Å²) in [6.07, 6.45) is 3.30. The predicted octanol–water partition coefficient (Wildman–Crippen LogP) is 4.56. The fourth-order valence-electron chi connectivity index (χ4n) is 3.94. The third kappa shape index (κ3) is 3.98. The van der Waals surface area contributed by atoms with Gasteiger partial charge in [-0.25, -0.2) is 4.98 Å². The molecule has 3 heterocycles. The molecule has 1 aliphatic heterocycles. The van der Waals surface area contributed by atoms with Crippen LogP contribution in [-0.2, 0) is 4.79 Å². The van der Waals surface area contributed by atoms with E-state index in [0.29, 0.717) is 15.4 Å². The molecule has 5 nitrogen and oxygen atoms in total. The number of thioether (sulfide) groups is 1. The van der Waals surface area contributed by atoms with Crippen LogP contribution in [0, 0.1) is 13.8 Å². The Morgan fingerprint density at radius 2 is 2.10 bits per heavy atom. The second-order valence-corrected chi connectivity index (χ2v) is 9.54. The number of aryl methyl sites for hydroxylation is 2. The fraction of sp³-hybridized carbons (Fsp3) is 0.409. The number of piperidine rings is 1. The van der Waals surface area contributed by atoms with E-state index in [-0.39, 0.29) is 23.3 Å². The molecular formula is C22H25N3O2S2. The average Bonchev–Trinajstić information content (AvgIpc) is 3.16. The summed E-state index contributed by atoms with van der Waals surface area (Å²) >= 11 is 2.76. The smallest absolute Gasteiger partial charge is 0.276 e. The first kappa shape index (κ1) is 20.2. The summed E-state index contributed by atoms with van der Waals surface area (Å²) in [5, 5.41) is 2.46. The van der Waals surface area contributed by atoms with Crippen LogP contribution in [0.1, 0.15) is 37.3 Å². The molecule has 1 fully saturated rings. The van der Waals surface area contributed by atoms with Gasteiger partial charge in [-0.1, -0.05) is 29.5 Å². The van der Waals surface area contributed by atoms with E-state index in [1.165, 1.54) is 29.5 Å². The van der Waals surface area contributed by atoms with Crippen molar-refractivity contribution in [2.75, 3.05) is 12.3 Å². The van der Waals surface area contributed by atoms with Crippen molar-refractivity contribution in [2.45, 2.75) is 51.2 Å². The van der Waals surface area contributed by atoms with Crippen LogP contribution < -0.4 is 5.56 Å². The van der Waals surface area contributed by atoms with Gasteiger partial charge >= 0.3 is 0 Å². The molecule has 3 aromatic rings. The van der Waals surface area contributed by atoms with Crippen molar-refractivity contribution in [1.29, 1.82) is 0 Å². The Kier molecular flexibility index (Phi) is 5.79. The van der Waals surface area contributed by atoms with Crippen LogP contribution in [0.3, 0.4) is 0 Å². The van der Waals surface area contributed by atoms with Gasteiger partial charge < -0.3 is 4.90 Å². The van der Waals surface area contributed by atoms with Gasteiger partial charge in [0.1, 0.15) is 4.70 Å². The van der Waals surface area contributed by atoms with E-state index in [1.54, 1.807) is 4.57 Å². The first-order valence-corrected chi connectivity index (χ1v) is 11.8. The highest BCUT2D eigenvalue weighted by molar-refractivity contribution is 7.99. The lowest BCUT2D eigenvalue weighted by atomic mass is 10.0. The number of aromatic nitrogens is 2. The van der Waals surface area contributed by atoms with Crippen LogP contribution in [0.15, 0.2) is 39.6 Å². The van der Waals surface area contributed by atoms with Crippen molar-refractivity contribution >= 4 is 39.2 Å². The van der Waals surface area contributed by atoms with Crippen molar-refractivity contribution < 1.29 is 4.79 Å². The molecule has 0 spiro atoms. The lowest BCUT2D eigenvalue weighted by molar-refractivity contribution is -0.131. The summed E-state index contributed by atoms with van der Waals surface area (Å²) in [4.78, 5) is 32.8. The maximum Gasteiger partial charge on any atom is 0.276 e. The Morgan fingerprint density at radius 1 is 1.28 bits per heavy atom. The quantitative estimate of drug-likeness (QED) is 0.453. The molecule has 29 heavy (non-hydrogen) atoms. The van der Waals surface area contributed by atoms with Crippen LogP contribution in [0.25, 0.3) is 15.9 Å². The zero-order chi connectivity index (χ0) is 20.5. The van der Waals surface area contributed by atoms with Gasteiger partial charge in [-0.3, -0.25) is 14.2 Å². The molecule has 1 saturated heterocycles. The molecule has 1 atom stereocenters. The number of amides is 1. The number of likely N-dealkylation sites (tertiary alicyclic amines) is 1. The van der Waals surface area contributed by atoms with Crippen molar-refractivity contribution in [3.63, 3.8) is 0 Å².